The highest BCUT2D eigenvalue weighted by Crippen LogP contribution is 2.21. The number of carbonyl (C=O) groups excluding carboxylic acids is 1. The van der Waals surface area contributed by atoms with E-state index in [1.807, 2.05) is 49.6 Å². The van der Waals surface area contributed by atoms with Crippen LogP contribution in [0, 0.1) is 0 Å². The smallest absolute Gasteiger partial charge is 0.245 e. The summed E-state index contributed by atoms with van der Waals surface area (Å²) >= 11 is 0. The van der Waals surface area contributed by atoms with Gasteiger partial charge < -0.3 is 14.6 Å². The number of para-hydroxylation sites is 2. The molecule has 0 bridgehead atoms. The Hall–Kier alpha value is -1.88. The summed E-state index contributed by atoms with van der Waals surface area (Å²) in [5, 5.41) is 9.38. The zero-order valence-electron chi connectivity index (χ0n) is 12.4. The van der Waals surface area contributed by atoms with Crippen LogP contribution in [0.2, 0.25) is 0 Å². The molecular weight excluding hydrogens is 254 g/mol. The van der Waals surface area contributed by atoms with Crippen molar-refractivity contribution in [2.75, 3.05) is 13.7 Å². The van der Waals surface area contributed by atoms with Crippen molar-refractivity contribution in [1.29, 1.82) is 0 Å². The highest BCUT2D eigenvalue weighted by atomic mass is 16.3. The van der Waals surface area contributed by atoms with Gasteiger partial charge in [0.15, 0.2) is 0 Å². The Bertz CT molecular complexity index is 618. The third kappa shape index (κ3) is 2.41. The molecule has 1 N–H and O–H groups in total. The second-order valence-corrected chi connectivity index (χ2v) is 5.68. The molecular formula is C15H21N3O2. The number of benzene rings is 1. The van der Waals surface area contributed by atoms with Crippen molar-refractivity contribution in [3.8, 4) is 0 Å². The fourth-order valence-corrected chi connectivity index (χ4v) is 2.09. The van der Waals surface area contributed by atoms with Crippen molar-refractivity contribution in [3.05, 3.63) is 30.6 Å². The third-order valence-electron chi connectivity index (χ3n) is 3.88. The van der Waals surface area contributed by atoms with E-state index >= 15 is 0 Å². The van der Waals surface area contributed by atoms with Gasteiger partial charge in [0.05, 0.1) is 29.5 Å². The molecule has 0 aliphatic heterocycles. The van der Waals surface area contributed by atoms with Gasteiger partial charge in [-0.05, 0) is 32.9 Å². The van der Waals surface area contributed by atoms with E-state index in [1.54, 1.807) is 18.3 Å². The Kier molecular flexibility index (Phi) is 3.81. The monoisotopic (exact) mass is 275 g/mol. The maximum atomic E-state index is 12.6. The molecule has 1 atom stereocenters. The number of carbonyl (C=O) groups is 1. The first-order valence-electron chi connectivity index (χ1n) is 6.68. The van der Waals surface area contributed by atoms with Crippen molar-refractivity contribution in [2.24, 2.45) is 0 Å². The molecule has 5 heteroatoms. The lowest BCUT2D eigenvalue weighted by Gasteiger charge is -2.35. The summed E-state index contributed by atoms with van der Waals surface area (Å²) in [4.78, 5) is 18.5. The lowest BCUT2D eigenvalue weighted by molar-refractivity contribution is -0.139. The molecule has 1 aromatic heterocycles. The zero-order valence-corrected chi connectivity index (χ0v) is 12.4. The third-order valence-corrected chi connectivity index (χ3v) is 3.88. The molecule has 2 aromatic rings. The van der Waals surface area contributed by atoms with Crippen molar-refractivity contribution in [2.45, 2.75) is 32.4 Å². The second-order valence-electron chi connectivity index (χ2n) is 5.68. The summed E-state index contributed by atoms with van der Waals surface area (Å²) in [5.41, 5.74) is 1.22. The molecule has 0 saturated carbocycles. The summed E-state index contributed by atoms with van der Waals surface area (Å²) in [6.45, 7) is 5.44. The number of aromatic nitrogens is 2. The molecule has 20 heavy (non-hydrogen) atoms. The van der Waals surface area contributed by atoms with Gasteiger partial charge in [-0.25, -0.2) is 4.98 Å². The lowest BCUT2D eigenvalue weighted by Crippen LogP contribution is -2.49. The minimum atomic E-state index is -0.582. The molecule has 0 saturated heterocycles. The first kappa shape index (κ1) is 14.5. The van der Waals surface area contributed by atoms with Crippen LogP contribution in [0.4, 0.5) is 0 Å². The van der Waals surface area contributed by atoms with Crippen molar-refractivity contribution in [1.82, 2.24) is 14.5 Å². The maximum Gasteiger partial charge on any atom is 0.245 e. The second kappa shape index (κ2) is 5.25. The van der Waals surface area contributed by atoms with Gasteiger partial charge >= 0.3 is 0 Å². The Balaban J connectivity index is 2.31. The zero-order chi connectivity index (χ0) is 14.9. The molecule has 0 spiro atoms. The predicted octanol–water partition coefficient (Wildman–Crippen LogP) is 1.83. The quantitative estimate of drug-likeness (QED) is 0.926. The molecule has 1 aromatic carbocycles. The average Bonchev–Trinajstić information content (AvgIpc) is 2.88. The number of hydrogen-bond donors (Lipinski definition) is 1. The number of amides is 1. The van der Waals surface area contributed by atoms with E-state index in [9.17, 15) is 9.90 Å². The van der Waals surface area contributed by atoms with E-state index in [1.165, 1.54) is 0 Å². The summed E-state index contributed by atoms with van der Waals surface area (Å²) in [6.07, 6.45) is 1.69. The van der Waals surface area contributed by atoms with Gasteiger partial charge in [0, 0.05) is 7.05 Å². The minimum absolute atomic E-state index is 0.0489. The molecule has 0 radical (unpaired) electrons. The van der Waals surface area contributed by atoms with E-state index in [2.05, 4.69) is 4.98 Å². The normalized spacial score (nSPS) is 13.4. The molecule has 0 aliphatic rings. The van der Waals surface area contributed by atoms with Gasteiger partial charge in [0.25, 0.3) is 0 Å². The summed E-state index contributed by atoms with van der Waals surface area (Å²) in [5.74, 6) is -0.0489. The van der Waals surface area contributed by atoms with Gasteiger partial charge in [0.1, 0.15) is 6.04 Å². The molecule has 5 nitrogen and oxygen atoms in total. The van der Waals surface area contributed by atoms with Crippen LogP contribution in [0.3, 0.4) is 0 Å². The highest BCUT2D eigenvalue weighted by molar-refractivity contribution is 5.84. The van der Waals surface area contributed by atoms with Crippen molar-refractivity contribution in [3.63, 3.8) is 0 Å². The summed E-state index contributed by atoms with van der Waals surface area (Å²) < 4.78 is 1.86. The minimum Gasteiger partial charge on any atom is -0.394 e. The van der Waals surface area contributed by atoms with Gasteiger partial charge in [-0.2, -0.15) is 0 Å². The number of rotatable bonds is 4. The summed E-state index contributed by atoms with van der Waals surface area (Å²) in [7, 11) is 1.72. The van der Waals surface area contributed by atoms with E-state index in [0.717, 1.165) is 11.0 Å². The number of likely N-dealkylation sites (N-methyl/N-ethyl adjacent to an activating group) is 1. The number of fused-ring (bicyclic) bond motifs is 1. The molecule has 1 amide bonds. The summed E-state index contributed by atoms with van der Waals surface area (Å²) in [6, 6.07) is 7.36. The Morgan fingerprint density at radius 2 is 2.10 bits per heavy atom. The van der Waals surface area contributed by atoms with Crippen LogP contribution in [0.5, 0.6) is 0 Å². The van der Waals surface area contributed by atoms with Crippen molar-refractivity contribution >= 4 is 16.9 Å². The lowest BCUT2D eigenvalue weighted by atomic mass is 10.0. The predicted molar refractivity (Wildman–Crippen MR) is 78.4 cm³/mol. The van der Waals surface area contributed by atoms with Gasteiger partial charge in [0.2, 0.25) is 5.91 Å². The van der Waals surface area contributed by atoms with Crippen LogP contribution in [0.1, 0.15) is 26.8 Å². The van der Waals surface area contributed by atoms with Crippen LogP contribution in [-0.2, 0) is 4.79 Å². The number of aliphatic hydroxyl groups excluding tert-OH is 1. The number of imidazole rings is 1. The number of aliphatic hydroxyl groups is 1. The van der Waals surface area contributed by atoms with Gasteiger partial charge in [-0.1, -0.05) is 12.1 Å². The largest absolute Gasteiger partial charge is 0.394 e. The first-order chi connectivity index (χ1) is 9.38. The SMILES string of the molecule is CC(C(=O)N(C)C(C)(C)CO)n1cnc2ccccc21. The van der Waals surface area contributed by atoms with E-state index in [0.29, 0.717) is 0 Å². The van der Waals surface area contributed by atoms with Crippen LogP contribution >= 0.6 is 0 Å². The first-order valence-corrected chi connectivity index (χ1v) is 6.68. The standard InChI is InChI=1S/C15H21N3O2/c1-11(14(20)17(4)15(2,3)9-19)18-10-16-12-7-5-6-8-13(12)18/h5-8,10-11,19H,9H2,1-4H3. The average molecular weight is 275 g/mol. The van der Waals surface area contributed by atoms with E-state index in [-0.39, 0.29) is 18.6 Å². The van der Waals surface area contributed by atoms with Gasteiger partial charge in [-0.15, -0.1) is 0 Å². The number of hydrogen-bond acceptors (Lipinski definition) is 3. The Morgan fingerprint density at radius 1 is 1.45 bits per heavy atom. The molecule has 0 aliphatic carbocycles. The Morgan fingerprint density at radius 3 is 2.75 bits per heavy atom. The molecule has 1 heterocycles. The highest BCUT2D eigenvalue weighted by Gasteiger charge is 2.30. The van der Waals surface area contributed by atoms with E-state index < -0.39 is 5.54 Å². The van der Waals surface area contributed by atoms with Crippen LogP contribution in [-0.4, -0.2) is 44.7 Å². The van der Waals surface area contributed by atoms with Crippen molar-refractivity contribution < 1.29 is 9.90 Å². The van der Waals surface area contributed by atoms with Crippen LogP contribution < -0.4 is 0 Å². The number of nitrogens with zero attached hydrogens (tertiary/aromatic N) is 3. The van der Waals surface area contributed by atoms with Crippen LogP contribution in [0.25, 0.3) is 11.0 Å². The van der Waals surface area contributed by atoms with Gasteiger partial charge in [-0.3, -0.25) is 4.79 Å². The topological polar surface area (TPSA) is 58.4 Å². The fourth-order valence-electron chi connectivity index (χ4n) is 2.09. The molecule has 0 fully saturated rings. The Labute approximate surface area is 118 Å². The van der Waals surface area contributed by atoms with Crippen LogP contribution in [0.15, 0.2) is 30.6 Å². The van der Waals surface area contributed by atoms with E-state index in [4.69, 9.17) is 0 Å². The molecule has 2 rings (SSSR count). The fraction of sp³-hybridized carbons (Fsp3) is 0.467. The molecule has 108 valence electrons. The maximum absolute atomic E-state index is 12.6. The molecule has 1 unspecified atom stereocenters.